The number of piperazine rings is 1. The van der Waals surface area contributed by atoms with Crippen molar-refractivity contribution in [1.29, 1.82) is 5.26 Å². The van der Waals surface area contributed by atoms with E-state index < -0.39 is 0 Å². The minimum absolute atomic E-state index is 0.0665. The van der Waals surface area contributed by atoms with E-state index in [2.05, 4.69) is 59.6 Å². The Morgan fingerprint density at radius 3 is 2.75 bits per heavy atom. The van der Waals surface area contributed by atoms with E-state index >= 15 is 0 Å². The van der Waals surface area contributed by atoms with Gasteiger partial charge in [0.25, 0.3) is 0 Å². The number of likely N-dealkylation sites (N-methyl/N-ethyl adjacent to an activating group) is 1. The molecule has 1 aromatic rings. The molecule has 5 aliphatic rings. The summed E-state index contributed by atoms with van der Waals surface area (Å²) in [6, 6.07) is 6.99. The summed E-state index contributed by atoms with van der Waals surface area (Å²) in [7, 11) is 2.22. The van der Waals surface area contributed by atoms with Crippen molar-refractivity contribution < 1.29 is 14.6 Å². The van der Waals surface area contributed by atoms with E-state index in [1.54, 1.807) is 0 Å². The van der Waals surface area contributed by atoms with E-state index in [0.29, 0.717) is 49.9 Å². The molecule has 264 valence electrons. The van der Waals surface area contributed by atoms with E-state index in [0.717, 1.165) is 58.2 Å². The Bertz CT molecular complexity index is 1330. The Labute approximate surface area is 289 Å². The van der Waals surface area contributed by atoms with Crippen LogP contribution in [0.15, 0.2) is 24.8 Å². The Hall–Kier alpha value is -2.48. The number of nitriles is 1. The molecule has 48 heavy (non-hydrogen) atoms. The highest BCUT2D eigenvalue weighted by Crippen LogP contribution is 2.54. The number of carbonyl (C=O) groups is 1. The van der Waals surface area contributed by atoms with Gasteiger partial charge in [-0.2, -0.15) is 5.26 Å². The van der Waals surface area contributed by atoms with Gasteiger partial charge >= 0.3 is 0 Å². The van der Waals surface area contributed by atoms with E-state index in [9.17, 15) is 15.2 Å². The summed E-state index contributed by atoms with van der Waals surface area (Å²) in [6.07, 6.45) is 15.7. The number of ether oxygens (including phenoxy) is 1. The molecule has 6 rings (SSSR count). The number of carbonyl (C=O) groups excluding carboxylic acids is 1. The number of unbranched alkanes of at least 4 members (excludes halogenated alkanes) is 4. The predicted molar refractivity (Wildman–Crippen MR) is 189 cm³/mol. The molecule has 1 saturated carbocycles. The molecule has 0 radical (unpaired) electrons. The van der Waals surface area contributed by atoms with Crippen LogP contribution in [0.2, 0.25) is 0 Å². The fourth-order valence-corrected chi connectivity index (χ4v) is 10.0. The molecule has 7 atom stereocenters. The number of hydrogen-bond acceptors (Lipinski definition) is 8. The molecule has 4 fully saturated rings. The van der Waals surface area contributed by atoms with Crippen molar-refractivity contribution in [2.24, 2.45) is 5.92 Å². The van der Waals surface area contributed by atoms with Crippen LogP contribution in [0.1, 0.15) is 101 Å². The first-order valence-corrected chi connectivity index (χ1v) is 19.0. The van der Waals surface area contributed by atoms with Crippen molar-refractivity contribution in [2.45, 2.75) is 133 Å². The first kappa shape index (κ1) is 35.3. The molecule has 3 aliphatic heterocycles. The van der Waals surface area contributed by atoms with Gasteiger partial charge in [-0.3, -0.25) is 19.9 Å². The van der Waals surface area contributed by atoms with E-state index in [-0.39, 0.29) is 29.9 Å². The summed E-state index contributed by atoms with van der Waals surface area (Å²) in [5.41, 5.74) is 4.11. The minimum Gasteiger partial charge on any atom is -0.508 e. The summed E-state index contributed by atoms with van der Waals surface area (Å²) in [4.78, 5) is 22.3. The highest BCUT2D eigenvalue weighted by Gasteiger charge is 2.54. The van der Waals surface area contributed by atoms with Gasteiger partial charge in [-0.15, -0.1) is 0 Å². The van der Waals surface area contributed by atoms with Gasteiger partial charge in [-0.25, -0.2) is 0 Å². The summed E-state index contributed by atoms with van der Waals surface area (Å²) < 4.78 is 6.98. The smallest absolute Gasteiger partial charge is 0.246 e. The van der Waals surface area contributed by atoms with Crippen LogP contribution < -0.4 is 5.32 Å². The number of benzene rings is 1. The van der Waals surface area contributed by atoms with Crippen molar-refractivity contribution in [2.75, 3.05) is 46.4 Å². The Kier molecular flexibility index (Phi) is 11.5. The monoisotopic (exact) mass is 660 g/mol. The third-order valence-corrected chi connectivity index (χ3v) is 12.7. The predicted octanol–water partition coefficient (Wildman–Crippen LogP) is 5.26. The van der Waals surface area contributed by atoms with Gasteiger partial charge in [0, 0.05) is 44.2 Å². The number of likely N-dealkylation sites (tertiary alicyclic amines) is 1. The Morgan fingerprint density at radius 2 is 2.00 bits per heavy atom. The van der Waals surface area contributed by atoms with Crippen molar-refractivity contribution >= 4 is 5.91 Å². The molecular formula is C39H60N6O3. The van der Waals surface area contributed by atoms with E-state index in [1.807, 2.05) is 11.0 Å². The zero-order valence-corrected chi connectivity index (χ0v) is 29.8. The van der Waals surface area contributed by atoms with Gasteiger partial charge in [0.2, 0.25) is 5.91 Å². The minimum atomic E-state index is -0.194. The van der Waals surface area contributed by atoms with Crippen molar-refractivity contribution in [1.82, 2.24) is 24.9 Å². The molecule has 1 spiro atoms. The van der Waals surface area contributed by atoms with Crippen LogP contribution in [0, 0.1) is 24.2 Å². The molecule has 9 nitrogen and oxygen atoms in total. The molecule has 3 saturated heterocycles. The Balaban J connectivity index is 1.31. The summed E-state index contributed by atoms with van der Waals surface area (Å²) in [6.45, 7) is 13.0. The third-order valence-electron chi connectivity index (χ3n) is 12.7. The van der Waals surface area contributed by atoms with Crippen molar-refractivity contribution in [3.05, 3.63) is 41.5 Å². The number of rotatable bonds is 12. The molecule has 2 N–H and O–H groups in total. The number of nitrogens with zero attached hydrogens (tertiary/aromatic N) is 5. The lowest BCUT2D eigenvalue weighted by Crippen LogP contribution is -2.73. The van der Waals surface area contributed by atoms with E-state index in [1.165, 1.54) is 61.3 Å². The van der Waals surface area contributed by atoms with Crippen LogP contribution in [0.25, 0.3) is 0 Å². The largest absolute Gasteiger partial charge is 0.508 e. The molecule has 2 aliphatic carbocycles. The number of phenolic OH excluding ortho intramolecular Hbond substituents is 1. The fraction of sp³-hybridized carbons (Fsp3) is 0.744. The van der Waals surface area contributed by atoms with Gasteiger partial charge in [0.1, 0.15) is 5.75 Å². The van der Waals surface area contributed by atoms with Crippen LogP contribution >= 0.6 is 0 Å². The molecule has 0 bridgehead atoms. The zero-order valence-electron chi connectivity index (χ0n) is 29.8. The lowest BCUT2D eigenvalue weighted by Gasteiger charge is -2.59. The van der Waals surface area contributed by atoms with Crippen LogP contribution in [0.5, 0.6) is 5.75 Å². The number of fused-ring (bicyclic) bond motifs is 3. The average Bonchev–Trinajstić information content (AvgIpc) is 3.66. The lowest BCUT2D eigenvalue weighted by atomic mass is 9.63. The van der Waals surface area contributed by atoms with Crippen molar-refractivity contribution in [3.63, 3.8) is 0 Å². The highest BCUT2D eigenvalue weighted by molar-refractivity contribution is 5.87. The van der Waals surface area contributed by atoms with Gasteiger partial charge in [0.05, 0.1) is 31.3 Å². The molecule has 4 unspecified atom stereocenters. The van der Waals surface area contributed by atoms with E-state index in [4.69, 9.17) is 4.74 Å². The van der Waals surface area contributed by atoms with Crippen LogP contribution in [-0.2, 0) is 21.4 Å². The zero-order chi connectivity index (χ0) is 33.8. The van der Waals surface area contributed by atoms with Gasteiger partial charge in [-0.1, -0.05) is 39.2 Å². The molecule has 0 aromatic heterocycles. The normalized spacial score (nSPS) is 32.7. The quantitative estimate of drug-likeness (QED) is 0.232. The molecule has 1 amide bonds. The molecule has 9 heteroatoms. The number of hydrogen-bond donors (Lipinski definition) is 2. The Morgan fingerprint density at radius 1 is 1.17 bits per heavy atom. The summed E-state index contributed by atoms with van der Waals surface area (Å²) in [5.74, 6) is 0.702. The van der Waals surface area contributed by atoms with Crippen molar-refractivity contribution in [3.8, 4) is 11.8 Å². The van der Waals surface area contributed by atoms with Gasteiger partial charge in [0.15, 0.2) is 6.35 Å². The third kappa shape index (κ3) is 7.20. The number of phenols is 1. The highest BCUT2D eigenvalue weighted by atomic mass is 16.5. The molecule has 3 heterocycles. The fourth-order valence-electron chi connectivity index (χ4n) is 10.0. The topological polar surface area (TPSA) is 95.3 Å². The average molecular weight is 661 g/mol. The van der Waals surface area contributed by atoms with Gasteiger partial charge in [-0.05, 0) is 112 Å². The van der Waals surface area contributed by atoms with Crippen LogP contribution in [0.4, 0.5) is 0 Å². The maximum atomic E-state index is 12.8. The molecular weight excluding hydrogens is 600 g/mol. The standard InChI is InChI=1S/C39H60N6O3/c1-5-7-8-9-10-20-45-35-25-39(16-13-32-28(3)23-31(46)24-34(32)39)17-14-33(35)37(41-38(45)48-27-30-12-11-19-42(30)4)43-21-22-44(36(47)6-2)29(26-43)15-18-40/h6,23-24,29-30,33,35,37-38,41,46H,2,5,7-17,19-22,25-27H2,1,3-4H3/t29-,30-,33?,35?,37?,38?,39+/m1/s1. The SMILES string of the molecule is C=CC(=O)N1CCN(C2NC(OC[C@H]3CCCN3C)N(CCCCCCC)C3C[C@]4(CCc5c(C)cc(O)cc54)CCC23)C[C@H]1CC#N. The van der Waals surface area contributed by atoms with Crippen LogP contribution in [-0.4, -0.2) is 108 Å². The summed E-state index contributed by atoms with van der Waals surface area (Å²) in [5, 5.41) is 24.5. The first-order chi connectivity index (χ1) is 23.3. The number of aromatic hydroxyl groups is 1. The lowest BCUT2D eigenvalue weighted by molar-refractivity contribution is -0.188. The second kappa shape index (κ2) is 15.6. The second-order valence-electron chi connectivity index (χ2n) is 15.5. The molecule has 1 aromatic carbocycles. The number of nitrogens with one attached hydrogen (secondary N) is 1. The first-order valence-electron chi connectivity index (χ1n) is 19.0. The maximum Gasteiger partial charge on any atom is 0.246 e. The van der Waals surface area contributed by atoms with Crippen LogP contribution in [0.3, 0.4) is 0 Å². The number of aryl methyl sites for hydroxylation is 1. The van der Waals surface area contributed by atoms with Gasteiger partial charge < -0.3 is 19.6 Å². The maximum absolute atomic E-state index is 12.8. The summed E-state index contributed by atoms with van der Waals surface area (Å²) >= 11 is 0. The second-order valence-corrected chi connectivity index (χ2v) is 15.5. The number of amides is 1.